The molecule has 2 aromatic rings. The first-order valence-electron chi connectivity index (χ1n) is 5.17. The molecule has 0 bridgehead atoms. The first-order valence-corrected chi connectivity index (χ1v) is 6.75. The zero-order valence-corrected chi connectivity index (χ0v) is 12.2. The van der Waals surface area contributed by atoms with Gasteiger partial charge in [0.2, 0.25) is 6.79 Å². The van der Waals surface area contributed by atoms with E-state index in [0.717, 1.165) is 8.95 Å². The van der Waals surface area contributed by atoms with Gasteiger partial charge in [-0.2, -0.15) is 0 Å². The van der Waals surface area contributed by atoms with Crippen LogP contribution in [0.25, 0.3) is 0 Å². The van der Waals surface area contributed by atoms with Gasteiger partial charge in [-0.3, -0.25) is 0 Å². The Morgan fingerprint density at radius 2 is 2.00 bits per heavy atom. The molecule has 0 saturated carbocycles. The second kappa shape index (κ2) is 4.60. The number of hydrogen-bond acceptors (Lipinski definition) is 4. The van der Waals surface area contributed by atoms with Gasteiger partial charge >= 0.3 is 0 Å². The molecular weight excluding hydrogens is 368 g/mol. The molecule has 1 N–H and O–H groups in total. The van der Waals surface area contributed by atoms with Gasteiger partial charge in [-0.1, -0.05) is 0 Å². The fraction of sp³-hybridized carbons (Fsp3) is 0.167. The summed E-state index contributed by atoms with van der Waals surface area (Å²) in [5.41, 5.74) is 0.668. The van der Waals surface area contributed by atoms with E-state index in [2.05, 4.69) is 31.9 Å². The van der Waals surface area contributed by atoms with Crippen molar-refractivity contribution in [2.75, 3.05) is 6.79 Å². The van der Waals surface area contributed by atoms with E-state index in [9.17, 15) is 5.11 Å². The van der Waals surface area contributed by atoms with Crippen molar-refractivity contribution in [2.45, 2.75) is 6.10 Å². The van der Waals surface area contributed by atoms with Gasteiger partial charge in [0, 0.05) is 0 Å². The highest BCUT2D eigenvalue weighted by Gasteiger charge is 2.23. The second-order valence-corrected chi connectivity index (χ2v) is 5.48. The molecule has 1 unspecified atom stereocenters. The number of furan rings is 1. The number of rotatable bonds is 2. The standard InChI is InChI=1S/C12H8Br2O4/c13-7-1-2-16-12(7)10(15)6-3-8(14)11-9(4-6)17-5-18-11/h1-4,10,15H,5H2. The molecule has 0 radical (unpaired) electrons. The summed E-state index contributed by atoms with van der Waals surface area (Å²) in [6.45, 7) is 0.192. The van der Waals surface area contributed by atoms with Gasteiger partial charge in [0.05, 0.1) is 15.2 Å². The monoisotopic (exact) mass is 374 g/mol. The summed E-state index contributed by atoms with van der Waals surface area (Å²) in [5.74, 6) is 1.73. The molecule has 0 saturated heterocycles. The van der Waals surface area contributed by atoms with Crippen LogP contribution in [-0.2, 0) is 0 Å². The topological polar surface area (TPSA) is 51.8 Å². The highest BCUT2D eigenvalue weighted by atomic mass is 79.9. The molecule has 0 aliphatic carbocycles. The Morgan fingerprint density at radius 3 is 2.72 bits per heavy atom. The van der Waals surface area contributed by atoms with Crippen molar-refractivity contribution in [3.8, 4) is 11.5 Å². The van der Waals surface area contributed by atoms with Gasteiger partial charge in [0.1, 0.15) is 6.10 Å². The normalized spacial score (nSPS) is 14.8. The molecule has 0 spiro atoms. The molecule has 1 atom stereocenters. The number of aliphatic hydroxyl groups excluding tert-OH is 1. The number of fused-ring (bicyclic) bond motifs is 1. The van der Waals surface area contributed by atoms with Crippen LogP contribution in [0.3, 0.4) is 0 Å². The second-order valence-electron chi connectivity index (χ2n) is 3.77. The van der Waals surface area contributed by atoms with Crippen LogP contribution in [0.1, 0.15) is 17.4 Å². The lowest BCUT2D eigenvalue weighted by molar-refractivity contribution is 0.172. The number of ether oxygens (including phenoxy) is 2. The van der Waals surface area contributed by atoms with Crippen molar-refractivity contribution in [3.63, 3.8) is 0 Å². The summed E-state index contributed by atoms with van der Waals surface area (Å²) in [6.07, 6.45) is 0.658. The van der Waals surface area contributed by atoms with Crippen LogP contribution in [-0.4, -0.2) is 11.9 Å². The van der Waals surface area contributed by atoms with Crippen molar-refractivity contribution in [1.82, 2.24) is 0 Å². The van der Waals surface area contributed by atoms with Crippen molar-refractivity contribution in [2.24, 2.45) is 0 Å². The Kier molecular flexibility index (Phi) is 3.09. The summed E-state index contributed by atoms with van der Waals surface area (Å²) < 4.78 is 17.3. The molecule has 0 amide bonds. The summed E-state index contributed by atoms with van der Waals surface area (Å²) in [5, 5.41) is 10.3. The summed E-state index contributed by atoms with van der Waals surface area (Å²) in [6, 6.07) is 5.26. The average Bonchev–Trinajstić information content (AvgIpc) is 2.96. The predicted octanol–water partition coefficient (Wildman–Crippen LogP) is 3.62. The Hall–Kier alpha value is -0.980. The molecule has 1 aromatic heterocycles. The van der Waals surface area contributed by atoms with E-state index in [0.29, 0.717) is 22.8 Å². The smallest absolute Gasteiger partial charge is 0.231 e. The van der Waals surface area contributed by atoms with Crippen LogP contribution in [0, 0.1) is 0 Å². The van der Waals surface area contributed by atoms with E-state index in [4.69, 9.17) is 13.9 Å². The highest BCUT2D eigenvalue weighted by molar-refractivity contribution is 9.10. The lowest BCUT2D eigenvalue weighted by atomic mass is 10.1. The van der Waals surface area contributed by atoms with Crippen molar-refractivity contribution >= 4 is 31.9 Å². The molecule has 94 valence electrons. The van der Waals surface area contributed by atoms with Gasteiger partial charge in [-0.25, -0.2) is 0 Å². The van der Waals surface area contributed by atoms with Crippen LogP contribution >= 0.6 is 31.9 Å². The quantitative estimate of drug-likeness (QED) is 0.870. The minimum Gasteiger partial charge on any atom is -0.465 e. The van der Waals surface area contributed by atoms with Crippen molar-refractivity contribution < 1.29 is 19.0 Å². The molecule has 3 rings (SSSR count). The number of aliphatic hydroxyl groups is 1. The first-order chi connectivity index (χ1) is 8.66. The average molecular weight is 376 g/mol. The molecule has 1 aromatic carbocycles. The van der Waals surface area contributed by atoms with Crippen LogP contribution in [0.4, 0.5) is 0 Å². The van der Waals surface area contributed by atoms with Gasteiger partial charge < -0.3 is 19.0 Å². The van der Waals surface area contributed by atoms with E-state index in [1.165, 1.54) is 6.26 Å². The fourth-order valence-corrected chi connectivity index (χ4v) is 2.79. The maximum absolute atomic E-state index is 10.3. The lowest BCUT2D eigenvalue weighted by Crippen LogP contribution is -1.99. The van der Waals surface area contributed by atoms with Gasteiger partial charge in [-0.05, 0) is 55.6 Å². The van der Waals surface area contributed by atoms with Crippen LogP contribution in [0.15, 0.2) is 37.8 Å². The number of halogens is 2. The Morgan fingerprint density at radius 1 is 1.17 bits per heavy atom. The van der Waals surface area contributed by atoms with Crippen LogP contribution in [0.2, 0.25) is 0 Å². The highest BCUT2D eigenvalue weighted by Crippen LogP contribution is 2.42. The SMILES string of the molecule is OC(c1cc(Br)c2c(c1)OCO2)c1occc1Br. The molecular formula is C12H8Br2O4. The molecule has 1 aliphatic rings. The fourth-order valence-electron chi connectivity index (χ4n) is 1.80. The minimum atomic E-state index is -0.861. The maximum atomic E-state index is 10.3. The van der Waals surface area contributed by atoms with Crippen molar-refractivity contribution in [1.29, 1.82) is 0 Å². The zero-order valence-electron chi connectivity index (χ0n) is 9.02. The predicted molar refractivity (Wildman–Crippen MR) is 70.7 cm³/mol. The molecule has 0 fully saturated rings. The first kappa shape index (κ1) is 12.1. The lowest BCUT2D eigenvalue weighted by Gasteiger charge is -2.11. The molecule has 4 nitrogen and oxygen atoms in total. The zero-order chi connectivity index (χ0) is 12.7. The van der Waals surface area contributed by atoms with Crippen LogP contribution in [0.5, 0.6) is 11.5 Å². The summed E-state index contributed by atoms with van der Waals surface area (Å²) >= 11 is 6.71. The van der Waals surface area contributed by atoms with E-state index in [-0.39, 0.29) is 6.79 Å². The largest absolute Gasteiger partial charge is 0.465 e. The third-order valence-corrected chi connectivity index (χ3v) is 3.90. The molecule has 18 heavy (non-hydrogen) atoms. The number of benzene rings is 1. The van der Waals surface area contributed by atoms with E-state index >= 15 is 0 Å². The summed E-state index contributed by atoms with van der Waals surface area (Å²) in [7, 11) is 0. The van der Waals surface area contributed by atoms with E-state index in [1.54, 1.807) is 18.2 Å². The van der Waals surface area contributed by atoms with Crippen LogP contribution < -0.4 is 9.47 Å². The van der Waals surface area contributed by atoms with Gasteiger partial charge in [0.15, 0.2) is 17.3 Å². The summed E-state index contributed by atoms with van der Waals surface area (Å²) in [4.78, 5) is 0. The third-order valence-electron chi connectivity index (χ3n) is 2.66. The minimum absolute atomic E-state index is 0.192. The Bertz CT molecular complexity index is 594. The maximum Gasteiger partial charge on any atom is 0.231 e. The van der Waals surface area contributed by atoms with E-state index in [1.807, 2.05) is 0 Å². The Labute approximate surface area is 120 Å². The van der Waals surface area contributed by atoms with E-state index < -0.39 is 6.10 Å². The van der Waals surface area contributed by atoms with Gasteiger partial charge in [0.25, 0.3) is 0 Å². The van der Waals surface area contributed by atoms with Gasteiger partial charge in [-0.15, -0.1) is 0 Å². The molecule has 2 heterocycles. The third kappa shape index (κ3) is 1.94. The van der Waals surface area contributed by atoms with Crippen molar-refractivity contribution in [3.05, 3.63) is 44.7 Å². The molecule has 6 heteroatoms. The number of hydrogen-bond donors (Lipinski definition) is 1. The Balaban J connectivity index is 2.03. The molecule has 1 aliphatic heterocycles.